The van der Waals surface area contributed by atoms with Gasteiger partial charge in [-0.15, -0.1) is 17.9 Å². The Labute approximate surface area is 278 Å². The summed E-state index contributed by atoms with van der Waals surface area (Å²) in [5.74, 6) is -2.52. The van der Waals surface area contributed by atoms with Gasteiger partial charge >= 0.3 is 12.1 Å². The Hall–Kier alpha value is -4.26. The monoisotopic (exact) mass is 665 g/mol. The topological polar surface area (TPSA) is 160 Å². The fraction of sp³-hybridized carbons (Fsp3) is 0.529. The number of allylic oxidation sites excluding steroid dienone is 1. The molecule has 1 saturated heterocycles. The van der Waals surface area contributed by atoms with Crippen molar-refractivity contribution >= 4 is 41.4 Å². The first-order valence-electron chi connectivity index (χ1n) is 16.0. The quantitative estimate of drug-likeness (QED) is 0.166. The van der Waals surface area contributed by atoms with Gasteiger partial charge in [0.25, 0.3) is 0 Å². The van der Waals surface area contributed by atoms with Crippen LogP contribution in [-0.2, 0) is 24.0 Å². The van der Waals surface area contributed by atoms with Crippen LogP contribution in [0.5, 0.6) is 0 Å². The molecule has 0 unspecified atom stereocenters. The number of carbonyl (C=O) groups excluding carboxylic acids is 3. The SMILES string of the molecule is C=CC[C@@H]1C[C@]1(NC(=O)[C@@H]1C[C@@H](O/N=C/c2ccccc2-c2nccs2)CN1C(=O)[C@@H](NC(=O)OC1CCCC1)C(C)(C)C)C(=O)O. The molecule has 3 N–H and O–H groups in total. The normalized spacial score (nSPS) is 24.9. The second kappa shape index (κ2) is 14.2. The van der Waals surface area contributed by atoms with E-state index in [1.165, 1.54) is 16.2 Å². The molecule has 2 saturated carbocycles. The van der Waals surface area contributed by atoms with Gasteiger partial charge in [0, 0.05) is 29.1 Å². The van der Waals surface area contributed by atoms with E-state index in [1.807, 2.05) is 50.4 Å². The molecule has 12 nitrogen and oxygen atoms in total. The number of likely N-dealkylation sites (tertiary alicyclic amines) is 1. The van der Waals surface area contributed by atoms with Crippen molar-refractivity contribution in [2.75, 3.05) is 6.54 Å². The maximum absolute atomic E-state index is 14.2. The number of aliphatic carboxylic acids is 1. The number of thiazole rings is 1. The molecule has 47 heavy (non-hydrogen) atoms. The van der Waals surface area contributed by atoms with Crippen LogP contribution in [0.3, 0.4) is 0 Å². The van der Waals surface area contributed by atoms with Gasteiger partial charge in [0.1, 0.15) is 34.8 Å². The van der Waals surface area contributed by atoms with Crippen LogP contribution in [0, 0.1) is 11.3 Å². The van der Waals surface area contributed by atoms with Gasteiger partial charge in [-0.1, -0.05) is 56.3 Å². The molecule has 3 amide bonds. The summed E-state index contributed by atoms with van der Waals surface area (Å²) in [5, 5.41) is 22.4. The van der Waals surface area contributed by atoms with Crippen molar-refractivity contribution in [2.24, 2.45) is 16.5 Å². The Morgan fingerprint density at radius 3 is 2.62 bits per heavy atom. The fourth-order valence-corrected chi connectivity index (χ4v) is 7.10. The summed E-state index contributed by atoms with van der Waals surface area (Å²) in [6, 6.07) is 5.53. The molecule has 252 valence electrons. The highest BCUT2D eigenvalue weighted by atomic mass is 32.1. The van der Waals surface area contributed by atoms with Crippen molar-refractivity contribution in [3.8, 4) is 10.6 Å². The van der Waals surface area contributed by atoms with Crippen molar-refractivity contribution in [3.05, 3.63) is 54.1 Å². The first kappa shape index (κ1) is 34.1. The second-order valence-electron chi connectivity index (χ2n) is 13.6. The van der Waals surface area contributed by atoms with Crippen LogP contribution in [0.1, 0.15) is 71.3 Å². The number of ether oxygens (including phenoxy) is 1. The number of nitrogens with zero attached hydrogens (tertiary/aromatic N) is 3. The van der Waals surface area contributed by atoms with E-state index < -0.39 is 53.0 Å². The van der Waals surface area contributed by atoms with Crippen molar-refractivity contribution in [1.29, 1.82) is 0 Å². The van der Waals surface area contributed by atoms with Crippen molar-refractivity contribution in [3.63, 3.8) is 0 Å². The first-order chi connectivity index (χ1) is 22.4. The number of rotatable bonds is 12. The Balaban J connectivity index is 1.35. The van der Waals surface area contributed by atoms with Crippen LogP contribution in [0.25, 0.3) is 10.6 Å². The van der Waals surface area contributed by atoms with Crippen molar-refractivity contribution in [1.82, 2.24) is 20.5 Å². The molecule has 3 fully saturated rings. The minimum atomic E-state index is -1.43. The van der Waals surface area contributed by atoms with Gasteiger partial charge in [-0.25, -0.2) is 14.6 Å². The van der Waals surface area contributed by atoms with Crippen LogP contribution >= 0.6 is 11.3 Å². The van der Waals surface area contributed by atoms with Gasteiger partial charge in [-0.05, 0) is 49.9 Å². The zero-order chi connectivity index (χ0) is 33.8. The Bertz CT molecular complexity index is 1500. The lowest BCUT2D eigenvalue weighted by Crippen LogP contribution is -2.59. The summed E-state index contributed by atoms with van der Waals surface area (Å²) in [5.41, 5.74) is -0.497. The van der Waals surface area contributed by atoms with E-state index in [1.54, 1.807) is 18.5 Å². The van der Waals surface area contributed by atoms with E-state index in [9.17, 15) is 24.3 Å². The van der Waals surface area contributed by atoms with Crippen LogP contribution in [-0.4, -0.2) is 81.5 Å². The third-order valence-corrected chi connectivity index (χ3v) is 9.92. The molecule has 3 aliphatic rings. The van der Waals surface area contributed by atoms with Crippen LogP contribution in [0.4, 0.5) is 4.79 Å². The average Bonchev–Trinajstić information content (AvgIpc) is 3.53. The third-order valence-electron chi connectivity index (χ3n) is 9.11. The summed E-state index contributed by atoms with van der Waals surface area (Å²) < 4.78 is 5.59. The maximum atomic E-state index is 14.2. The summed E-state index contributed by atoms with van der Waals surface area (Å²) >= 11 is 1.50. The molecule has 1 aliphatic heterocycles. The minimum absolute atomic E-state index is 0.00444. The molecule has 1 aromatic carbocycles. The van der Waals surface area contributed by atoms with E-state index in [-0.39, 0.29) is 31.4 Å². The number of hydrogen-bond donors (Lipinski definition) is 3. The van der Waals surface area contributed by atoms with Crippen LogP contribution in [0.15, 0.2) is 53.7 Å². The molecule has 13 heteroatoms. The van der Waals surface area contributed by atoms with E-state index >= 15 is 0 Å². The average molecular weight is 666 g/mol. The number of oxime groups is 1. The Morgan fingerprint density at radius 1 is 1.21 bits per heavy atom. The van der Waals surface area contributed by atoms with E-state index in [4.69, 9.17) is 9.57 Å². The smallest absolute Gasteiger partial charge is 0.408 e. The number of carbonyl (C=O) groups is 4. The Morgan fingerprint density at radius 2 is 1.96 bits per heavy atom. The molecule has 5 atom stereocenters. The maximum Gasteiger partial charge on any atom is 0.408 e. The molecule has 0 spiro atoms. The lowest BCUT2D eigenvalue weighted by Gasteiger charge is -2.35. The largest absolute Gasteiger partial charge is 0.479 e. The van der Waals surface area contributed by atoms with Crippen molar-refractivity contribution < 1.29 is 33.9 Å². The standard InChI is InChI=1S/C34H43N5O7S/c1-5-10-22-18-34(22,31(42)43)38-28(40)26-17-24(46-36-19-21-11-6-9-14-25(21)29-35-15-16-47-29)20-39(26)30(41)27(33(2,3)4)37-32(44)45-23-12-7-8-13-23/h5-6,9,11,14-16,19,22-24,26-27H,1,7-8,10,12-13,17-18,20H2,2-4H3,(H,37,44)(H,38,40)(H,42,43)/b36-19+/t22-,24-,26+,27-,34-/m1/s1. The van der Waals surface area contributed by atoms with Gasteiger partial charge in [0.05, 0.1) is 12.8 Å². The van der Waals surface area contributed by atoms with Gasteiger partial charge in [-0.2, -0.15) is 0 Å². The first-order valence-corrected chi connectivity index (χ1v) is 16.9. The minimum Gasteiger partial charge on any atom is -0.479 e. The summed E-state index contributed by atoms with van der Waals surface area (Å²) in [6.07, 6.45) is 7.67. The number of benzene rings is 1. The highest BCUT2D eigenvalue weighted by molar-refractivity contribution is 7.13. The highest BCUT2D eigenvalue weighted by Gasteiger charge is 2.62. The fourth-order valence-electron chi connectivity index (χ4n) is 6.41. The van der Waals surface area contributed by atoms with Gasteiger partial charge in [0.2, 0.25) is 11.8 Å². The number of carboxylic acid groups (broad SMARTS) is 1. The van der Waals surface area contributed by atoms with Crippen LogP contribution < -0.4 is 10.6 Å². The molecule has 0 radical (unpaired) electrons. The zero-order valence-corrected chi connectivity index (χ0v) is 27.8. The molecule has 2 aromatic rings. The van der Waals surface area contributed by atoms with Gasteiger partial charge in [-0.3, -0.25) is 9.59 Å². The summed E-state index contributed by atoms with van der Waals surface area (Å²) in [7, 11) is 0. The number of amides is 3. The van der Waals surface area contributed by atoms with E-state index in [2.05, 4.69) is 27.4 Å². The molecule has 1 aromatic heterocycles. The lowest BCUT2D eigenvalue weighted by atomic mass is 9.85. The summed E-state index contributed by atoms with van der Waals surface area (Å²) in [6.45, 7) is 9.16. The highest BCUT2D eigenvalue weighted by Crippen LogP contribution is 2.46. The van der Waals surface area contributed by atoms with Gasteiger partial charge < -0.3 is 30.2 Å². The third kappa shape index (κ3) is 7.83. The van der Waals surface area contributed by atoms with Crippen molar-refractivity contribution in [2.45, 2.75) is 95.5 Å². The predicted octanol–water partition coefficient (Wildman–Crippen LogP) is 4.75. The molecular formula is C34H43N5O7S. The second-order valence-corrected chi connectivity index (χ2v) is 14.5. The predicted molar refractivity (Wildman–Crippen MR) is 177 cm³/mol. The number of aromatic nitrogens is 1. The Kier molecular flexibility index (Phi) is 10.3. The number of alkyl carbamates (subject to hydrolysis) is 1. The van der Waals surface area contributed by atoms with Crippen LogP contribution in [0.2, 0.25) is 0 Å². The number of hydrogen-bond acceptors (Lipinski definition) is 9. The molecule has 2 aliphatic carbocycles. The molecule has 2 heterocycles. The van der Waals surface area contributed by atoms with Gasteiger partial charge in [0.15, 0.2) is 0 Å². The molecular weight excluding hydrogens is 622 g/mol. The number of nitrogens with one attached hydrogen (secondary N) is 2. The summed E-state index contributed by atoms with van der Waals surface area (Å²) in [4.78, 5) is 64.8. The van der Waals surface area contributed by atoms with E-state index in [0.717, 1.165) is 41.8 Å². The van der Waals surface area contributed by atoms with E-state index in [0.29, 0.717) is 6.42 Å². The lowest BCUT2D eigenvalue weighted by molar-refractivity contribution is -0.146. The number of carboxylic acids is 1. The zero-order valence-electron chi connectivity index (χ0n) is 27.0. The molecule has 0 bridgehead atoms. The molecule has 5 rings (SSSR count).